The molecule has 1 aliphatic rings. The van der Waals surface area contributed by atoms with E-state index in [0.29, 0.717) is 12.6 Å². The van der Waals surface area contributed by atoms with Crippen LogP contribution in [0.1, 0.15) is 26.2 Å². The molecular formula is C9H19NO2. The van der Waals surface area contributed by atoms with Gasteiger partial charge in [0.25, 0.3) is 0 Å². The van der Waals surface area contributed by atoms with Crippen molar-refractivity contribution in [1.29, 1.82) is 0 Å². The summed E-state index contributed by atoms with van der Waals surface area (Å²) in [5.41, 5.74) is 0. The minimum absolute atomic E-state index is 0.145. The minimum atomic E-state index is -0.599. The van der Waals surface area contributed by atoms with E-state index in [-0.39, 0.29) is 6.61 Å². The molecule has 72 valence electrons. The fraction of sp³-hybridized carbons (Fsp3) is 1.00. The average Bonchev–Trinajstić information content (AvgIpc) is 2.89. The molecule has 12 heavy (non-hydrogen) atoms. The number of aliphatic hydroxyl groups excluding tert-OH is 2. The first-order valence-corrected chi connectivity index (χ1v) is 4.80. The molecule has 0 heterocycles. The molecule has 2 unspecified atom stereocenters. The van der Waals surface area contributed by atoms with Crippen LogP contribution in [0.2, 0.25) is 0 Å². The van der Waals surface area contributed by atoms with E-state index < -0.39 is 6.10 Å². The van der Waals surface area contributed by atoms with Crippen LogP contribution in [0.4, 0.5) is 0 Å². The lowest BCUT2D eigenvalue weighted by Crippen LogP contribution is -2.37. The van der Waals surface area contributed by atoms with Crippen LogP contribution in [0.5, 0.6) is 0 Å². The first kappa shape index (κ1) is 9.96. The van der Waals surface area contributed by atoms with E-state index in [1.54, 1.807) is 0 Å². The van der Waals surface area contributed by atoms with Crippen molar-refractivity contribution < 1.29 is 10.2 Å². The first-order valence-electron chi connectivity index (χ1n) is 4.80. The van der Waals surface area contributed by atoms with Crippen molar-refractivity contribution in [1.82, 2.24) is 5.32 Å². The predicted octanol–water partition coefficient (Wildman–Crippen LogP) is 0.118. The van der Waals surface area contributed by atoms with E-state index in [0.717, 1.165) is 12.3 Å². The third-order valence-corrected chi connectivity index (χ3v) is 2.46. The fourth-order valence-corrected chi connectivity index (χ4v) is 1.49. The smallest absolute Gasteiger partial charge is 0.0895 e. The van der Waals surface area contributed by atoms with Crippen molar-refractivity contribution in [3.8, 4) is 0 Å². The molecule has 0 aliphatic heterocycles. The van der Waals surface area contributed by atoms with E-state index in [9.17, 15) is 0 Å². The topological polar surface area (TPSA) is 52.5 Å². The summed E-state index contributed by atoms with van der Waals surface area (Å²) in [6.07, 6.45) is 3.15. The van der Waals surface area contributed by atoms with Gasteiger partial charge in [-0.15, -0.1) is 0 Å². The Bertz CT molecular complexity index is 126. The largest absolute Gasteiger partial charge is 0.394 e. The Morgan fingerprint density at radius 3 is 2.58 bits per heavy atom. The second kappa shape index (κ2) is 4.80. The van der Waals surface area contributed by atoms with Gasteiger partial charge in [0.1, 0.15) is 0 Å². The lowest BCUT2D eigenvalue weighted by Gasteiger charge is -2.17. The molecule has 0 spiro atoms. The van der Waals surface area contributed by atoms with Crippen molar-refractivity contribution in [2.45, 2.75) is 38.3 Å². The van der Waals surface area contributed by atoms with Gasteiger partial charge >= 0.3 is 0 Å². The van der Waals surface area contributed by atoms with Crippen LogP contribution >= 0.6 is 0 Å². The highest BCUT2D eigenvalue weighted by atomic mass is 16.3. The summed E-state index contributed by atoms with van der Waals surface area (Å²) >= 11 is 0. The van der Waals surface area contributed by atoms with Crippen LogP contribution in [-0.4, -0.2) is 35.5 Å². The molecule has 0 aromatic rings. The predicted molar refractivity (Wildman–Crippen MR) is 47.9 cm³/mol. The highest BCUT2D eigenvalue weighted by Crippen LogP contribution is 2.33. The standard InChI is InChI=1S/C9H19NO2/c1-2-9(7-3-4-7)10-5-8(12)6-11/h7-12H,2-6H2,1H3. The third kappa shape index (κ3) is 3.09. The van der Waals surface area contributed by atoms with Crippen LogP contribution in [0, 0.1) is 5.92 Å². The van der Waals surface area contributed by atoms with Crippen LogP contribution in [0.15, 0.2) is 0 Å². The summed E-state index contributed by atoms with van der Waals surface area (Å²) in [6.45, 7) is 2.53. The summed E-state index contributed by atoms with van der Waals surface area (Å²) in [6, 6.07) is 0.547. The maximum atomic E-state index is 9.09. The van der Waals surface area contributed by atoms with E-state index >= 15 is 0 Å². The molecule has 0 aromatic carbocycles. The minimum Gasteiger partial charge on any atom is -0.394 e. The quantitative estimate of drug-likeness (QED) is 0.534. The second-order valence-electron chi connectivity index (χ2n) is 3.60. The molecule has 3 nitrogen and oxygen atoms in total. The van der Waals surface area contributed by atoms with Crippen LogP contribution < -0.4 is 5.32 Å². The summed E-state index contributed by atoms with van der Waals surface area (Å²) in [7, 11) is 0. The third-order valence-electron chi connectivity index (χ3n) is 2.46. The van der Waals surface area contributed by atoms with Gasteiger partial charge in [-0.2, -0.15) is 0 Å². The van der Waals surface area contributed by atoms with Crippen LogP contribution in [0.3, 0.4) is 0 Å². The SMILES string of the molecule is CCC(NCC(O)CO)C1CC1. The molecule has 0 radical (unpaired) electrons. The van der Waals surface area contributed by atoms with E-state index in [1.165, 1.54) is 12.8 Å². The summed E-state index contributed by atoms with van der Waals surface area (Å²) in [5.74, 6) is 0.820. The van der Waals surface area contributed by atoms with E-state index in [2.05, 4.69) is 12.2 Å². The van der Waals surface area contributed by atoms with Gasteiger partial charge in [-0.05, 0) is 25.2 Å². The van der Waals surface area contributed by atoms with Gasteiger partial charge in [-0.3, -0.25) is 0 Å². The number of rotatable bonds is 6. The first-order chi connectivity index (χ1) is 5.77. The van der Waals surface area contributed by atoms with Gasteiger partial charge in [-0.25, -0.2) is 0 Å². The van der Waals surface area contributed by atoms with Crippen molar-refractivity contribution >= 4 is 0 Å². The maximum Gasteiger partial charge on any atom is 0.0895 e. The summed E-state index contributed by atoms with van der Waals surface area (Å²) in [4.78, 5) is 0. The molecule has 0 bridgehead atoms. The Hall–Kier alpha value is -0.120. The zero-order valence-electron chi connectivity index (χ0n) is 7.66. The zero-order chi connectivity index (χ0) is 8.97. The zero-order valence-corrected chi connectivity index (χ0v) is 7.66. The van der Waals surface area contributed by atoms with Gasteiger partial charge in [0.2, 0.25) is 0 Å². The van der Waals surface area contributed by atoms with Crippen molar-refractivity contribution in [3.05, 3.63) is 0 Å². The van der Waals surface area contributed by atoms with Crippen molar-refractivity contribution in [2.75, 3.05) is 13.2 Å². The molecule has 0 aromatic heterocycles. The van der Waals surface area contributed by atoms with Gasteiger partial charge in [-0.1, -0.05) is 6.92 Å². The molecule has 0 amide bonds. The summed E-state index contributed by atoms with van der Waals surface area (Å²) < 4.78 is 0. The number of hydrogen-bond donors (Lipinski definition) is 3. The summed E-state index contributed by atoms with van der Waals surface area (Å²) in [5, 5.41) is 20.9. The Labute approximate surface area is 73.8 Å². The molecule has 1 rings (SSSR count). The fourth-order valence-electron chi connectivity index (χ4n) is 1.49. The van der Waals surface area contributed by atoms with Crippen molar-refractivity contribution in [3.63, 3.8) is 0 Å². The second-order valence-corrected chi connectivity index (χ2v) is 3.60. The normalized spacial score (nSPS) is 22.2. The van der Waals surface area contributed by atoms with Crippen LogP contribution in [0.25, 0.3) is 0 Å². The lowest BCUT2D eigenvalue weighted by atomic mass is 10.1. The highest BCUT2D eigenvalue weighted by molar-refractivity contribution is 4.85. The Morgan fingerprint density at radius 1 is 1.50 bits per heavy atom. The molecule has 1 aliphatic carbocycles. The molecule has 0 saturated heterocycles. The van der Waals surface area contributed by atoms with Gasteiger partial charge in [0.05, 0.1) is 12.7 Å². The molecular weight excluding hydrogens is 154 g/mol. The Kier molecular flexibility index (Phi) is 3.98. The van der Waals surface area contributed by atoms with Crippen LogP contribution in [-0.2, 0) is 0 Å². The Balaban J connectivity index is 2.10. The lowest BCUT2D eigenvalue weighted by molar-refractivity contribution is 0.0909. The van der Waals surface area contributed by atoms with E-state index in [1.807, 2.05) is 0 Å². The molecule has 3 heteroatoms. The van der Waals surface area contributed by atoms with Gasteiger partial charge in [0, 0.05) is 12.6 Å². The van der Waals surface area contributed by atoms with Crippen molar-refractivity contribution in [2.24, 2.45) is 5.92 Å². The highest BCUT2D eigenvalue weighted by Gasteiger charge is 2.29. The molecule has 1 saturated carbocycles. The monoisotopic (exact) mass is 173 g/mol. The van der Waals surface area contributed by atoms with Gasteiger partial charge in [0.15, 0.2) is 0 Å². The van der Waals surface area contributed by atoms with Gasteiger partial charge < -0.3 is 15.5 Å². The molecule has 2 atom stereocenters. The Morgan fingerprint density at radius 2 is 2.17 bits per heavy atom. The molecule has 1 fully saturated rings. The van der Waals surface area contributed by atoms with E-state index in [4.69, 9.17) is 10.2 Å². The number of aliphatic hydroxyl groups is 2. The number of hydrogen-bond acceptors (Lipinski definition) is 3. The average molecular weight is 173 g/mol. The molecule has 3 N–H and O–H groups in total. The number of nitrogens with one attached hydrogen (secondary N) is 1. The maximum absolute atomic E-state index is 9.09.